The number of aliphatic carboxylic acids is 3. The topological polar surface area (TPSA) is 167 Å². The number of carbonyl (C=O) groups excluding carboxylic acids is 2. The van der Waals surface area contributed by atoms with E-state index in [1.165, 1.54) is 6.92 Å². The van der Waals surface area contributed by atoms with E-state index in [0.717, 1.165) is 0 Å². The van der Waals surface area contributed by atoms with Gasteiger partial charge in [-0.25, -0.2) is 0 Å². The maximum Gasteiger partial charge on any atom is 0.321 e. The SMILES string of the molecule is CC(=O)O[C@H](CC(=O)[O-])C[N+](C)(C)C.N[C@@H](CC(=O)O)C(=O)O. The van der Waals surface area contributed by atoms with E-state index in [2.05, 4.69) is 0 Å². The molecular formula is C13H24N2O8. The fourth-order valence-electron chi connectivity index (χ4n) is 1.45. The molecule has 10 heteroatoms. The Morgan fingerprint density at radius 2 is 1.61 bits per heavy atom. The molecule has 0 aromatic rings. The Balaban J connectivity index is 0. The van der Waals surface area contributed by atoms with E-state index in [4.69, 9.17) is 20.7 Å². The van der Waals surface area contributed by atoms with E-state index in [-0.39, 0.29) is 6.42 Å². The molecule has 0 saturated carbocycles. The molecule has 0 fully saturated rings. The molecule has 0 aliphatic carbocycles. The predicted molar refractivity (Wildman–Crippen MR) is 75.9 cm³/mol. The molecule has 0 amide bonds. The molecule has 10 nitrogen and oxygen atoms in total. The van der Waals surface area contributed by atoms with Crippen molar-refractivity contribution in [3.8, 4) is 0 Å². The van der Waals surface area contributed by atoms with E-state index in [1.807, 2.05) is 21.1 Å². The second-order valence-corrected chi connectivity index (χ2v) is 5.82. The largest absolute Gasteiger partial charge is 0.550 e. The van der Waals surface area contributed by atoms with Crippen LogP contribution in [0.2, 0.25) is 0 Å². The minimum Gasteiger partial charge on any atom is -0.550 e. The van der Waals surface area contributed by atoms with Gasteiger partial charge < -0.3 is 35.1 Å². The number of hydrogen-bond acceptors (Lipinski definition) is 7. The van der Waals surface area contributed by atoms with Crippen molar-refractivity contribution in [1.29, 1.82) is 0 Å². The number of rotatable bonds is 8. The summed E-state index contributed by atoms with van der Waals surface area (Å²) in [5.41, 5.74) is 4.84. The average molecular weight is 336 g/mol. The van der Waals surface area contributed by atoms with E-state index in [1.54, 1.807) is 0 Å². The molecule has 0 spiro atoms. The second-order valence-electron chi connectivity index (χ2n) is 5.82. The highest BCUT2D eigenvalue weighted by Gasteiger charge is 2.20. The zero-order valence-corrected chi connectivity index (χ0v) is 13.6. The first-order valence-corrected chi connectivity index (χ1v) is 6.62. The summed E-state index contributed by atoms with van der Waals surface area (Å²) in [6.07, 6.45) is -1.40. The summed E-state index contributed by atoms with van der Waals surface area (Å²) in [4.78, 5) is 40.7. The summed E-state index contributed by atoms with van der Waals surface area (Å²) < 4.78 is 5.39. The standard InChI is InChI=1S/C9H17NO4.C4H7NO4/c1-7(11)14-8(5-9(12)13)6-10(2,3)4;5-2(4(8)9)1-3(6)7/h8H,5-6H2,1-4H3;2H,1,5H2,(H,6,7)(H,8,9)/t8-;2-/m10/s1. The van der Waals surface area contributed by atoms with Gasteiger partial charge in [0.1, 0.15) is 12.6 Å². The molecule has 23 heavy (non-hydrogen) atoms. The lowest BCUT2D eigenvalue weighted by Gasteiger charge is -2.28. The Hall–Kier alpha value is -2.20. The minimum atomic E-state index is -1.29. The van der Waals surface area contributed by atoms with Crippen LogP contribution in [0.3, 0.4) is 0 Å². The number of likely N-dealkylation sites (N-methyl/N-ethyl adjacent to an activating group) is 1. The number of esters is 1. The van der Waals surface area contributed by atoms with E-state index in [9.17, 15) is 24.3 Å². The number of quaternary nitrogens is 1. The smallest absolute Gasteiger partial charge is 0.321 e. The molecule has 0 heterocycles. The molecule has 0 radical (unpaired) electrons. The third-order valence-corrected chi connectivity index (χ3v) is 2.19. The highest BCUT2D eigenvalue weighted by atomic mass is 16.5. The summed E-state index contributed by atoms with van der Waals surface area (Å²) in [6.45, 7) is 1.71. The number of ether oxygens (including phenoxy) is 1. The summed E-state index contributed by atoms with van der Waals surface area (Å²) in [5.74, 6) is -4.17. The molecule has 0 aliphatic heterocycles. The van der Waals surface area contributed by atoms with Crippen LogP contribution < -0.4 is 10.8 Å². The van der Waals surface area contributed by atoms with Gasteiger partial charge in [0, 0.05) is 19.3 Å². The number of carbonyl (C=O) groups is 4. The maximum atomic E-state index is 10.7. The fraction of sp³-hybridized carbons (Fsp3) is 0.692. The van der Waals surface area contributed by atoms with Gasteiger partial charge in [0.15, 0.2) is 6.10 Å². The van der Waals surface area contributed by atoms with Gasteiger partial charge in [-0.05, 0) is 0 Å². The van der Waals surface area contributed by atoms with Crippen LogP contribution in [0.4, 0.5) is 0 Å². The first-order chi connectivity index (χ1) is 10.2. The number of nitrogens with two attached hydrogens (primary N) is 1. The second kappa shape index (κ2) is 10.5. The van der Waals surface area contributed by atoms with Crippen molar-refractivity contribution in [2.45, 2.75) is 31.9 Å². The highest BCUT2D eigenvalue weighted by Crippen LogP contribution is 2.04. The highest BCUT2D eigenvalue weighted by molar-refractivity contribution is 5.80. The molecule has 0 aliphatic rings. The molecule has 0 aromatic heterocycles. The molecule has 0 rings (SSSR count). The van der Waals surface area contributed by atoms with Gasteiger partial charge in [0.2, 0.25) is 0 Å². The third kappa shape index (κ3) is 17.7. The zero-order valence-electron chi connectivity index (χ0n) is 13.6. The monoisotopic (exact) mass is 336 g/mol. The first-order valence-electron chi connectivity index (χ1n) is 6.62. The maximum absolute atomic E-state index is 10.7. The minimum absolute atomic E-state index is 0.255. The van der Waals surface area contributed by atoms with Crippen LogP contribution in [0.25, 0.3) is 0 Å². The molecule has 0 bridgehead atoms. The van der Waals surface area contributed by atoms with E-state index in [0.29, 0.717) is 11.0 Å². The van der Waals surface area contributed by atoms with E-state index < -0.39 is 42.4 Å². The number of nitrogens with zero attached hydrogens (tertiary/aromatic N) is 1. The van der Waals surface area contributed by atoms with Gasteiger partial charge >= 0.3 is 17.9 Å². The van der Waals surface area contributed by atoms with Crippen molar-refractivity contribution in [3.63, 3.8) is 0 Å². The van der Waals surface area contributed by atoms with Crippen molar-refractivity contribution >= 4 is 23.9 Å². The number of carboxylic acid groups (broad SMARTS) is 3. The van der Waals surface area contributed by atoms with Crippen LogP contribution in [-0.4, -0.2) is 78.4 Å². The Labute approximate surface area is 134 Å². The lowest BCUT2D eigenvalue weighted by molar-refractivity contribution is -0.873. The fourth-order valence-corrected chi connectivity index (χ4v) is 1.45. The van der Waals surface area contributed by atoms with Gasteiger partial charge in [-0.1, -0.05) is 0 Å². The Morgan fingerprint density at radius 1 is 1.13 bits per heavy atom. The van der Waals surface area contributed by atoms with Gasteiger partial charge in [-0.2, -0.15) is 0 Å². The zero-order chi connectivity index (χ0) is 18.8. The Bertz CT molecular complexity index is 414. The average Bonchev–Trinajstić information content (AvgIpc) is 2.23. The Kier molecular flexibility index (Phi) is 10.5. The van der Waals surface area contributed by atoms with Crippen LogP contribution in [0, 0.1) is 0 Å². The van der Waals surface area contributed by atoms with Gasteiger partial charge in [0.25, 0.3) is 0 Å². The van der Waals surface area contributed by atoms with Crippen molar-refractivity contribution in [2.24, 2.45) is 5.73 Å². The number of carboxylic acids is 3. The number of hydrogen-bond donors (Lipinski definition) is 3. The normalized spacial score (nSPS) is 13.1. The predicted octanol–water partition coefficient (Wildman–Crippen LogP) is -2.36. The summed E-state index contributed by atoms with van der Waals surface area (Å²) in [6, 6.07) is -1.29. The van der Waals surface area contributed by atoms with Gasteiger partial charge in [-0.15, -0.1) is 0 Å². The molecule has 0 saturated heterocycles. The summed E-state index contributed by atoms with van der Waals surface area (Å²) >= 11 is 0. The van der Waals surface area contributed by atoms with Crippen molar-refractivity contribution in [3.05, 3.63) is 0 Å². The van der Waals surface area contributed by atoms with Crippen LogP contribution >= 0.6 is 0 Å². The van der Waals surface area contributed by atoms with Crippen LogP contribution in [-0.2, 0) is 23.9 Å². The molecular weight excluding hydrogens is 312 g/mol. The van der Waals surface area contributed by atoms with Crippen molar-refractivity contribution in [1.82, 2.24) is 0 Å². The van der Waals surface area contributed by atoms with Crippen molar-refractivity contribution < 1.29 is 43.7 Å². The van der Waals surface area contributed by atoms with Crippen molar-refractivity contribution in [2.75, 3.05) is 27.7 Å². The van der Waals surface area contributed by atoms with Crippen LogP contribution in [0.15, 0.2) is 0 Å². The van der Waals surface area contributed by atoms with Crippen LogP contribution in [0.5, 0.6) is 0 Å². The lowest BCUT2D eigenvalue weighted by Crippen LogP contribution is -2.45. The van der Waals surface area contributed by atoms with E-state index >= 15 is 0 Å². The summed E-state index contributed by atoms with van der Waals surface area (Å²) in [5, 5.41) is 26.4. The first kappa shape index (κ1) is 23.1. The molecule has 2 atom stereocenters. The van der Waals surface area contributed by atoms with Gasteiger partial charge in [-0.3, -0.25) is 14.4 Å². The van der Waals surface area contributed by atoms with Crippen LogP contribution in [0.1, 0.15) is 19.8 Å². The molecule has 4 N–H and O–H groups in total. The summed E-state index contributed by atoms with van der Waals surface area (Å²) in [7, 11) is 5.68. The molecule has 134 valence electrons. The molecule has 0 unspecified atom stereocenters. The quantitative estimate of drug-likeness (QED) is 0.324. The Morgan fingerprint density at radius 3 is 1.83 bits per heavy atom. The third-order valence-electron chi connectivity index (χ3n) is 2.19. The molecule has 0 aromatic carbocycles. The lowest BCUT2D eigenvalue weighted by atomic mass is 10.2. The van der Waals surface area contributed by atoms with Gasteiger partial charge in [0.05, 0.1) is 27.6 Å².